The maximum absolute atomic E-state index is 10.1. The second kappa shape index (κ2) is 2.60. The Labute approximate surface area is 57.8 Å². The van der Waals surface area contributed by atoms with Crippen LogP contribution in [-0.4, -0.2) is 27.7 Å². The first-order valence-corrected chi connectivity index (χ1v) is 5.35. The van der Waals surface area contributed by atoms with E-state index in [0.29, 0.717) is 0 Å². The molecule has 0 heterocycles. The molecule has 10 heavy (non-hydrogen) atoms. The highest BCUT2D eigenvalue weighted by Crippen LogP contribution is 2.43. The zero-order valence-corrected chi connectivity index (χ0v) is 6.71. The molecule has 0 saturated carbocycles. The van der Waals surface area contributed by atoms with Crippen LogP contribution in [-0.2, 0) is 14.7 Å². The maximum atomic E-state index is 10.1. The van der Waals surface area contributed by atoms with Crippen LogP contribution in [0.4, 0.5) is 0 Å². The Balaban J connectivity index is 4.74. The van der Waals surface area contributed by atoms with Gasteiger partial charge >= 0.3 is 7.60 Å². The van der Waals surface area contributed by atoms with Crippen molar-refractivity contribution in [2.24, 2.45) is 0 Å². The van der Waals surface area contributed by atoms with Crippen LogP contribution in [0.2, 0.25) is 0 Å². The van der Waals surface area contributed by atoms with Gasteiger partial charge in [0, 0.05) is 0 Å². The molecule has 0 aliphatic heterocycles. The molecule has 0 bridgehead atoms. The van der Waals surface area contributed by atoms with Gasteiger partial charge < -0.3 is 9.79 Å². The molecule has 0 aliphatic carbocycles. The Kier molecular flexibility index (Phi) is 2.61. The van der Waals surface area contributed by atoms with Crippen LogP contribution in [0, 0.1) is 0 Å². The van der Waals surface area contributed by atoms with Crippen molar-refractivity contribution >= 4 is 17.7 Å². The van der Waals surface area contributed by atoms with Crippen molar-refractivity contribution in [3.05, 3.63) is 0 Å². The van der Waals surface area contributed by atoms with E-state index in [-0.39, 0.29) is 0 Å². The molecule has 6 nitrogen and oxygen atoms in total. The third kappa shape index (κ3) is 2.76. The molecule has 1 atom stereocenters. The lowest BCUT2D eigenvalue weighted by Crippen LogP contribution is -2.16. The molecule has 3 N–H and O–H groups in total. The Hall–Kier alpha value is 0.0600. The smallest absolute Gasteiger partial charge is 0.323 e. The van der Waals surface area contributed by atoms with Gasteiger partial charge in [-0.15, -0.1) is 0 Å². The summed E-state index contributed by atoms with van der Waals surface area (Å²) in [5, 5.41) is 0. The largest absolute Gasteiger partial charge is 0.345 e. The molecule has 0 aromatic carbocycles. The van der Waals surface area contributed by atoms with Gasteiger partial charge in [0.2, 0.25) is 0 Å². The summed E-state index contributed by atoms with van der Waals surface area (Å²) < 4.78 is 38.3. The zero-order chi connectivity index (χ0) is 8.58. The summed E-state index contributed by atoms with van der Waals surface area (Å²) in [5.74, 6) is 0. The maximum Gasteiger partial charge on any atom is 0.345 e. The second-order valence-corrected chi connectivity index (χ2v) is 5.74. The SMILES string of the molecule is CC(P(=O)(O)O)S(=O)(=O)O. The summed E-state index contributed by atoms with van der Waals surface area (Å²) in [6, 6.07) is 0. The van der Waals surface area contributed by atoms with E-state index in [2.05, 4.69) is 0 Å². The van der Waals surface area contributed by atoms with Crippen LogP contribution in [0.3, 0.4) is 0 Å². The van der Waals surface area contributed by atoms with Gasteiger partial charge in [-0.3, -0.25) is 9.12 Å². The zero-order valence-electron chi connectivity index (χ0n) is 5.00. The van der Waals surface area contributed by atoms with E-state index in [1.165, 1.54) is 0 Å². The molecule has 0 aromatic heterocycles. The van der Waals surface area contributed by atoms with E-state index in [1.54, 1.807) is 0 Å². The van der Waals surface area contributed by atoms with Crippen molar-refractivity contribution in [1.29, 1.82) is 0 Å². The lowest BCUT2D eigenvalue weighted by Gasteiger charge is -2.08. The van der Waals surface area contributed by atoms with Crippen LogP contribution in [0.5, 0.6) is 0 Å². The van der Waals surface area contributed by atoms with Gasteiger partial charge in [-0.05, 0) is 6.92 Å². The molecule has 0 aromatic rings. The van der Waals surface area contributed by atoms with E-state index in [9.17, 15) is 13.0 Å². The average molecular weight is 190 g/mol. The lowest BCUT2D eigenvalue weighted by atomic mass is 11.0. The van der Waals surface area contributed by atoms with Crippen LogP contribution in [0.15, 0.2) is 0 Å². The van der Waals surface area contributed by atoms with Gasteiger partial charge in [-0.1, -0.05) is 0 Å². The van der Waals surface area contributed by atoms with Crippen molar-refractivity contribution in [1.82, 2.24) is 0 Å². The summed E-state index contributed by atoms with van der Waals surface area (Å²) in [6.45, 7) is 0.732. The minimum Gasteiger partial charge on any atom is -0.323 e. The molecular formula is C2H7O6PS. The van der Waals surface area contributed by atoms with Gasteiger partial charge in [0.15, 0.2) is 4.99 Å². The van der Waals surface area contributed by atoms with Crippen molar-refractivity contribution in [2.45, 2.75) is 11.9 Å². The number of rotatable bonds is 2. The predicted octanol–water partition coefficient (Wildman–Crippen LogP) is -0.602. The number of hydrogen-bond donors (Lipinski definition) is 3. The summed E-state index contributed by atoms with van der Waals surface area (Å²) in [5.41, 5.74) is 0. The monoisotopic (exact) mass is 190 g/mol. The minimum absolute atomic E-state index is 0.732. The molecule has 62 valence electrons. The number of hydrogen-bond acceptors (Lipinski definition) is 3. The third-order valence-electron chi connectivity index (χ3n) is 0.905. The normalized spacial score (nSPS) is 16.8. The Morgan fingerprint density at radius 1 is 1.40 bits per heavy atom. The summed E-state index contributed by atoms with van der Waals surface area (Å²) in [4.78, 5) is 14.3. The second-order valence-electron chi connectivity index (χ2n) is 1.70. The standard InChI is InChI=1S/C2H7O6PS/c1-2(9(3,4)5)10(6,7)8/h2H,1H3,(H2,3,4,5)(H,6,7,8). The highest BCUT2D eigenvalue weighted by atomic mass is 32.2. The summed E-state index contributed by atoms with van der Waals surface area (Å²) in [6.07, 6.45) is 0. The Morgan fingerprint density at radius 2 is 1.70 bits per heavy atom. The first-order chi connectivity index (χ1) is 4.15. The molecular weight excluding hydrogens is 183 g/mol. The molecule has 0 rings (SSSR count). The first kappa shape index (κ1) is 10.1. The van der Waals surface area contributed by atoms with Gasteiger partial charge in [0.25, 0.3) is 10.1 Å². The Morgan fingerprint density at radius 3 is 1.70 bits per heavy atom. The van der Waals surface area contributed by atoms with E-state index in [1.807, 2.05) is 0 Å². The van der Waals surface area contributed by atoms with Crippen molar-refractivity contribution in [3.63, 3.8) is 0 Å². The fourth-order valence-corrected chi connectivity index (χ4v) is 1.56. The van der Waals surface area contributed by atoms with Crippen LogP contribution in [0.1, 0.15) is 6.92 Å². The van der Waals surface area contributed by atoms with Gasteiger partial charge in [0.1, 0.15) is 0 Å². The average Bonchev–Trinajstić information content (AvgIpc) is 1.59. The van der Waals surface area contributed by atoms with E-state index in [0.717, 1.165) is 6.92 Å². The van der Waals surface area contributed by atoms with E-state index < -0.39 is 22.7 Å². The predicted molar refractivity (Wildman–Crippen MR) is 33.1 cm³/mol. The molecule has 0 saturated heterocycles. The van der Waals surface area contributed by atoms with Crippen molar-refractivity contribution in [3.8, 4) is 0 Å². The van der Waals surface area contributed by atoms with Gasteiger partial charge in [-0.25, -0.2) is 0 Å². The molecule has 0 fully saturated rings. The fourth-order valence-electron chi connectivity index (χ4n) is 0.174. The molecule has 0 radical (unpaired) electrons. The van der Waals surface area contributed by atoms with Crippen molar-refractivity contribution in [2.75, 3.05) is 0 Å². The Bertz CT molecular complexity index is 247. The molecule has 8 heteroatoms. The molecule has 0 amide bonds. The van der Waals surface area contributed by atoms with Gasteiger partial charge in [-0.2, -0.15) is 8.42 Å². The van der Waals surface area contributed by atoms with Crippen LogP contribution >= 0.6 is 7.60 Å². The minimum atomic E-state index is -4.72. The fraction of sp³-hybridized carbons (Fsp3) is 1.00. The van der Waals surface area contributed by atoms with E-state index in [4.69, 9.17) is 14.3 Å². The third-order valence-corrected chi connectivity index (χ3v) is 4.34. The van der Waals surface area contributed by atoms with Crippen LogP contribution in [0.25, 0.3) is 0 Å². The van der Waals surface area contributed by atoms with Crippen LogP contribution < -0.4 is 0 Å². The quantitative estimate of drug-likeness (QED) is 0.396. The topological polar surface area (TPSA) is 112 Å². The molecule has 0 spiro atoms. The highest BCUT2D eigenvalue weighted by Gasteiger charge is 2.34. The first-order valence-electron chi connectivity index (χ1n) is 2.17. The van der Waals surface area contributed by atoms with E-state index >= 15 is 0 Å². The summed E-state index contributed by atoms with van der Waals surface area (Å²) >= 11 is 0. The summed E-state index contributed by atoms with van der Waals surface area (Å²) in [7, 11) is -9.34. The molecule has 1 unspecified atom stereocenters. The highest BCUT2D eigenvalue weighted by molar-refractivity contribution is 7.93. The van der Waals surface area contributed by atoms with Gasteiger partial charge in [0.05, 0.1) is 0 Å². The lowest BCUT2D eigenvalue weighted by molar-refractivity contribution is 0.366. The van der Waals surface area contributed by atoms with Crippen molar-refractivity contribution < 1.29 is 27.3 Å². The molecule has 0 aliphatic rings.